The van der Waals surface area contributed by atoms with Gasteiger partial charge >= 0.3 is 11.9 Å². The fourth-order valence-electron chi connectivity index (χ4n) is 1.43. The minimum Gasteiger partial charge on any atom is -0.386 e. The van der Waals surface area contributed by atoms with Crippen LogP contribution in [0.15, 0.2) is 58.3 Å². The van der Waals surface area contributed by atoms with Crippen LogP contribution in [0.5, 0.6) is 0 Å². The fourth-order valence-corrected chi connectivity index (χ4v) is 1.81. The maximum atomic E-state index is 11.8. The lowest BCUT2D eigenvalue weighted by Crippen LogP contribution is -2.12. The lowest BCUT2D eigenvalue weighted by Gasteiger charge is -2.03. The predicted molar refractivity (Wildman–Crippen MR) is 77.1 cm³/mol. The molecule has 2 aromatic rings. The molecule has 0 aromatic heterocycles. The van der Waals surface area contributed by atoms with Gasteiger partial charge in [0, 0.05) is 9.79 Å². The second-order valence-corrected chi connectivity index (χ2v) is 4.81. The fraction of sp³-hybridized carbons (Fsp3) is 0. The normalized spacial score (nSPS) is 10.0. The van der Waals surface area contributed by atoms with Gasteiger partial charge in [-0.1, -0.05) is 6.07 Å². The van der Waals surface area contributed by atoms with Gasteiger partial charge in [-0.05, 0) is 42.5 Å². The molecule has 0 heterocycles. The number of carbonyl (C=O) groups excluding carboxylic acids is 2. The Kier molecular flexibility index (Phi) is 4.29. The molecule has 3 nitrogen and oxygen atoms in total. The third-order valence-electron chi connectivity index (χ3n) is 2.37. The van der Waals surface area contributed by atoms with Gasteiger partial charge < -0.3 is 4.74 Å². The van der Waals surface area contributed by atoms with Crippen LogP contribution >= 0.6 is 25.3 Å². The quantitative estimate of drug-likeness (QED) is 0.507. The number of hydrogen-bond acceptors (Lipinski definition) is 5. The molecule has 0 aliphatic heterocycles. The van der Waals surface area contributed by atoms with Crippen LogP contribution in [0.4, 0.5) is 0 Å². The summed E-state index contributed by atoms with van der Waals surface area (Å²) in [6.07, 6.45) is 0. The van der Waals surface area contributed by atoms with Crippen LogP contribution in [0, 0.1) is 0 Å². The van der Waals surface area contributed by atoms with Crippen LogP contribution in [0.25, 0.3) is 0 Å². The molecule has 0 bridgehead atoms. The van der Waals surface area contributed by atoms with Crippen molar-refractivity contribution in [2.45, 2.75) is 9.79 Å². The number of rotatable bonds is 2. The molecule has 0 aliphatic carbocycles. The third-order valence-corrected chi connectivity index (χ3v) is 2.95. The van der Waals surface area contributed by atoms with Gasteiger partial charge in [0.05, 0.1) is 11.1 Å². The topological polar surface area (TPSA) is 43.4 Å². The summed E-state index contributed by atoms with van der Waals surface area (Å²) in [5.41, 5.74) is 0.583. The minimum atomic E-state index is -0.698. The van der Waals surface area contributed by atoms with Gasteiger partial charge in [0.2, 0.25) is 0 Å². The van der Waals surface area contributed by atoms with Crippen molar-refractivity contribution >= 4 is 37.2 Å². The Balaban J connectivity index is 2.11. The monoisotopic (exact) mass is 290 g/mol. The zero-order valence-corrected chi connectivity index (χ0v) is 11.5. The van der Waals surface area contributed by atoms with Crippen LogP contribution in [-0.2, 0) is 4.74 Å². The van der Waals surface area contributed by atoms with Crippen molar-refractivity contribution < 1.29 is 14.3 Å². The van der Waals surface area contributed by atoms with Crippen LogP contribution < -0.4 is 0 Å². The summed E-state index contributed by atoms with van der Waals surface area (Å²) in [5, 5.41) is 0. The first-order chi connectivity index (χ1) is 9.06. The lowest BCUT2D eigenvalue weighted by atomic mass is 10.2. The highest BCUT2D eigenvalue weighted by atomic mass is 32.1. The molecule has 2 rings (SSSR count). The molecule has 0 aliphatic rings. The zero-order chi connectivity index (χ0) is 13.8. The van der Waals surface area contributed by atoms with E-state index in [1.165, 1.54) is 6.07 Å². The molecule has 2 aromatic carbocycles. The van der Waals surface area contributed by atoms with Crippen molar-refractivity contribution in [2.24, 2.45) is 0 Å². The smallest absolute Gasteiger partial charge is 0.346 e. The maximum absolute atomic E-state index is 11.8. The van der Waals surface area contributed by atoms with Crippen molar-refractivity contribution in [2.75, 3.05) is 0 Å². The van der Waals surface area contributed by atoms with E-state index in [0.29, 0.717) is 10.5 Å². The average molecular weight is 290 g/mol. The van der Waals surface area contributed by atoms with E-state index in [9.17, 15) is 9.59 Å². The summed E-state index contributed by atoms with van der Waals surface area (Å²) in [6, 6.07) is 12.9. The number of thiol groups is 2. The lowest BCUT2D eigenvalue weighted by molar-refractivity contribution is 0.0397. The van der Waals surface area contributed by atoms with Gasteiger partial charge in [-0.25, -0.2) is 9.59 Å². The van der Waals surface area contributed by atoms with E-state index in [2.05, 4.69) is 25.3 Å². The molecule has 0 amide bonds. The van der Waals surface area contributed by atoms with E-state index in [4.69, 9.17) is 4.74 Å². The molecule has 0 radical (unpaired) electrons. The van der Waals surface area contributed by atoms with E-state index in [-0.39, 0.29) is 5.56 Å². The summed E-state index contributed by atoms with van der Waals surface area (Å²) in [4.78, 5) is 24.8. The largest absolute Gasteiger partial charge is 0.386 e. The molecule has 96 valence electrons. The molecule has 19 heavy (non-hydrogen) atoms. The number of ether oxygens (including phenoxy) is 1. The third kappa shape index (κ3) is 3.62. The van der Waals surface area contributed by atoms with Gasteiger partial charge in [0.15, 0.2) is 0 Å². The molecule has 0 saturated carbocycles. The first kappa shape index (κ1) is 13.7. The van der Waals surface area contributed by atoms with Crippen molar-refractivity contribution in [3.05, 3.63) is 59.7 Å². The number of benzene rings is 2. The highest BCUT2D eigenvalue weighted by molar-refractivity contribution is 7.80. The van der Waals surface area contributed by atoms with Gasteiger partial charge in [0.25, 0.3) is 0 Å². The van der Waals surface area contributed by atoms with Gasteiger partial charge in [-0.15, -0.1) is 25.3 Å². The molecule has 0 N–H and O–H groups in total. The zero-order valence-electron chi connectivity index (χ0n) is 9.74. The molecule has 0 saturated heterocycles. The van der Waals surface area contributed by atoms with Crippen molar-refractivity contribution in [1.29, 1.82) is 0 Å². The van der Waals surface area contributed by atoms with E-state index in [1.807, 2.05) is 0 Å². The van der Waals surface area contributed by atoms with Crippen LogP contribution in [0.3, 0.4) is 0 Å². The summed E-state index contributed by atoms with van der Waals surface area (Å²) in [5.74, 6) is -1.39. The van der Waals surface area contributed by atoms with Gasteiger partial charge in [-0.3, -0.25) is 0 Å². The van der Waals surface area contributed by atoms with Crippen molar-refractivity contribution in [1.82, 2.24) is 0 Å². The number of hydrogen-bond donors (Lipinski definition) is 2. The summed E-state index contributed by atoms with van der Waals surface area (Å²) >= 11 is 8.23. The van der Waals surface area contributed by atoms with Gasteiger partial charge in [-0.2, -0.15) is 0 Å². The Morgan fingerprint density at radius 1 is 0.789 bits per heavy atom. The minimum absolute atomic E-state index is 0.284. The highest BCUT2D eigenvalue weighted by Gasteiger charge is 2.14. The molecule has 0 spiro atoms. The standard InChI is InChI=1S/C14H10O3S2/c15-13(9-4-6-11(18)7-5-9)17-14(16)10-2-1-3-12(19)8-10/h1-8,18-19H. The van der Waals surface area contributed by atoms with E-state index < -0.39 is 11.9 Å². The molecule has 0 unspecified atom stereocenters. The molecule has 0 fully saturated rings. The first-order valence-corrected chi connectivity index (χ1v) is 6.30. The Bertz CT molecular complexity index is 621. The Labute approximate surface area is 121 Å². The Morgan fingerprint density at radius 2 is 1.42 bits per heavy atom. The molecule has 5 heteroatoms. The molecule has 0 atom stereocenters. The Hall–Kier alpha value is -1.72. The van der Waals surface area contributed by atoms with Crippen molar-refractivity contribution in [3.8, 4) is 0 Å². The van der Waals surface area contributed by atoms with E-state index in [0.717, 1.165) is 4.90 Å². The van der Waals surface area contributed by atoms with Crippen LogP contribution in [-0.4, -0.2) is 11.9 Å². The van der Waals surface area contributed by atoms with E-state index in [1.54, 1.807) is 42.5 Å². The van der Waals surface area contributed by atoms with Crippen LogP contribution in [0.2, 0.25) is 0 Å². The summed E-state index contributed by atoms with van der Waals surface area (Å²) in [7, 11) is 0. The first-order valence-electron chi connectivity index (χ1n) is 5.41. The van der Waals surface area contributed by atoms with Crippen LogP contribution in [0.1, 0.15) is 20.7 Å². The van der Waals surface area contributed by atoms with E-state index >= 15 is 0 Å². The number of carbonyl (C=O) groups is 2. The Morgan fingerprint density at radius 3 is 2.05 bits per heavy atom. The second kappa shape index (κ2) is 5.95. The molecular formula is C14H10O3S2. The molecular weight excluding hydrogens is 280 g/mol. The SMILES string of the molecule is O=C(OC(=O)c1cccc(S)c1)c1ccc(S)cc1. The second-order valence-electron chi connectivity index (χ2n) is 3.77. The number of esters is 2. The van der Waals surface area contributed by atoms with Gasteiger partial charge in [0.1, 0.15) is 0 Å². The summed E-state index contributed by atoms with van der Waals surface area (Å²) in [6.45, 7) is 0. The average Bonchev–Trinajstić information content (AvgIpc) is 2.39. The predicted octanol–water partition coefficient (Wildman–Crippen LogP) is 3.26. The van der Waals surface area contributed by atoms with Crippen molar-refractivity contribution in [3.63, 3.8) is 0 Å². The summed E-state index contributed by atoms with van der Waals surface area (Å²) < 4.78 is 4.78. The highest BCUT2D eigenvalue weighted by Crippen LogP contribution is 2.12. The maximum Gasteiger partial charge on any atom is 0.346 e.